The van der Waals surface area contributed by atoms with Crippen LogP contribution in [0.5, 0.6) is 0 Å². The van der Waals surface area contributed by atoms with E-state index in [1.807, 2.05) is 19.2 Å². The number of anilines is 2. The Balaban J connectivity index is 2.29. The van der Waals surface area contributed by atoms with Crippen LogP contribution in [0.1, 0.15) is 11.3 Å². The summed E-state index contributed by atoms with van der Waals surface area (Å²) in [6.07, 6.45) is 1.79. The minimum atomic E-state index is 0.468. The number of hydrogen-bond donors (Lipinski definition) is 1. The van der Waals surface area contributed by atoms with Crippen molar-refractivity contribution in [3.63, 3.8) is 0 Å². The molecular weight excluding hydrogens is 210 g/mol. The van der Waals surface area contributed by atoms with Crippen molar-refractivity contribution in [1.29, 1.82) is 0 Å². The minimum absolute atomic E-state index is 0.468. The van der Waals surface area contributed by atoms with Crippen molar-refractivity contribution in [1.82, 2.24) is 4.98 Å². The highest BCUT2D eigenvalue weighted by Crippen LogP contribution is 2.23. The van der Waals surface area contributed by atoms with Gasteiger partial charge in [0.05, 0.1) is 5.69 Å². The molecule has 2 aromatic rings. The predicted octanol–water partition coefficient (Wildman–Crippen LogP) is 2.62. The van der Waals surface area contributed by atoms with Gasteiger partial charge in [0.15, 0.2) is 0 Å². The first-order valence-electron chi connectivity index (χ1n) is 5.66. The zero-order valence-electron chi connectivity index (χ0n) is 10.2. The summed E-state index contributed by atoms with van der Waals surface area (Å²) in [6.45, 7) is 2.55. The van der Waals surface area contributed by atoms with Crippen molar-refractivity contribution < 1.29 is 0 Å². The second kappa shape index (κ2) is 4.97. The molecule has 0 radical (unpaired) electrons. The first-order chi connectivity index (χ1) is 8.20. The Hall–Kier alpha value is -1.87. The number of benzene rings is 1. The van der Waals surface area contributed by atoms with Crippen LogP contribution in [0, 0.1) is 6.92 Å². The highest BCUT2D eigenvalue weighted by Gasteiger charge is 2.04. The normalized spacial score (nSPS) is 10.3. The van der Waals surface area contributed by atoms with Crippen molar-refractivity contribution in [3.8, 4) is 0 Å². The van der Waals surface area contributed by atoms with Gasteiger partial charge in [-0.2, -0.15) is 0 Å². The Labute approximate surface area is 102 Å². The Morgan fingerprint density at radius 2 is 1.82 bits per heavy atom. The van der Waals surface area contributed by atoms with Gasteiger partial charge in [-0.15, -0.1) is 0 Å². The number of pyridine rings is 1. The van der Waals surface area contributed by atoms with E-state index in [0.29, 0.717) is 6.54 Å². The molecule has 17 heavy (non-hydrogen) atoms. The molecule has 2 N–H and O–H groups in total. The van der Waals surface area contributed by atoms with Crippen LogP contribution < -0.4 is 10.6 Å². The van der Waals surface area contributed by atoms with Gasteiger partial charge in [0, 0.05) is 31.2 Å². The molecule has 0 amide bonds. The van der Waals surface area contributed by atoms with E-state index in [2.05, 4.69) is 41.1 Å². The standard InChI is InChI=1S/C14H17N3/c1-11-3-5-13(6-4-11)17(2)14-7-8-16-12(9-14)10-15/h3-9H,10,15H2,1-2H3. The van der Waals surface area contributed by atoms with Gasteiger partial charge in [0.25, 0.3) is 0 Å². The smallest absolute Gasteiger partial charge is 0.0560 e. The molecule has 88 valence electrons. The largest absolute Gasteiger partial charge is 0.345 e. The van der Waals surface area contributed by atoms with E-state index < -0.39 is 0 Å². The first-order valence-corrected chi connectivity index (χ1v) is 5.66. The van der Waals surface area contributed by atoms with E-state index in [-0.39, 0.29) is 0 Å². The molecule has 0 aliphatic heterocycles. The molecule has 0 unspecified atom stereocenters. The van der Waals surface area contributed by atoms with Crippen molar-refractivity contribution in [2.24, 2.45) is 5.73 Å². The zero-order valence-corrected chi connectivity index (χ0v) is 10.2. The van der Waals surface area contributed by atoms with Crippen LogP contribution in [0.15, 0.2) is 42.6 Å². The molecule has 3 nitrogen and oxygen atoms in total. The maximum Gasteiger partial charge on any atom is 0.0560 e. The van der Waals surface area contributed by atoms with Crippen molar-refractivity contribution in [2.45, 2.75) is 13.5 Å². The van der Waals surface area contributed by atoms with Gasteiger partial charge in [0.2, 0.25) is 0 Å². The van der Waals surface area contributed by atoms with Gasteiger partial charge < -0.3 is 10.6 Å². The number of nitrogens with zero attached hydrogens (tertiary/aromatic N) is 2. The van der Waals surface area contributed by atoms with E-state index in [4.69, 9.17) is 5.73 Å². The van der Waals surface area contributed by atoms with Crippen molar-refractivity contribution in [3.05, 3.63) is 53.9 Å². The van der Waals surface area contributed by atoms with Crippen molar-refractivity contribution >= 4 is 11.4 Å². The molecule has 0 aliphatic rings. The molecule has 1 heterocycles. The van der Waals surface area contributed by atoms with Gasteiger partial charge >= 0.3 is 0 Å². The molecule has 0 spiro atoms. The minimum Gasteiger partial charge on any atom is -0.345 e. The Morgan fingerprint density at radius 1 is 1.12 bits per heavy atom. The summed E-state index contributed by atoms with van der Waals surface area (Å²) < 4.78 is 0. The number of aryl methyl sites for hydroxylation is 1. The van der Waals surface area contributed by atoms with Crippen LogP contribution in [-0.2, 0) is 6.54 Å². The zero-order chi connectivity index (χ0) is 12.3. The van der Waals surface area contributed by atoms with Crippen LogP contribution in [-0.4, -0.2) is 12.0 Å². The van der Waals surface area contributed by atoms with E-state index in [1.165, 1.54) is 5.56 Å². The summed E-state index contributed by atoms with van der Waals surface area (Å²) in [4.78, 5) is 6.32. The Morgan fingerprint density at radius 3 is 2.47 bits per heavy atom. The molecule has 0 bridgehead atoms. The molecule has 0 aliphatic carbocycles. The fraction of sp³-hybridized carbons (Fsp3) is 0.214. The monoisotopic (exact) mass is 227 g/mol. The third-order valence-corrected chi connectivity index (χ3v) is 2.82. The van der Waals surface area contributed by atoms with Gasteiger partial charge in [-0.3, -0.25) is 4.98 Å². The third-order valence-electron chi connectivity index (χ3n) is 2.82. The lowest BCUT2D eigenvalue weighted by Crippen LogP contribution is -2.10. The molecule has 3 heteroatoms. The molecule has 0 fully saturated rings. The Bertz CT molecular complexity index is 491. The summed E-state index contributed by atoms with van der Waals surface area (Å²) in [5.74, 6) is 0. The molecular formula is C14H17N3. The lowest BCUT2D eigenvalue weighted by molar-refractivity contribution is 0.985. The van der Waals surface area contributed by atoms with Crippen LogP contribution in [0.4, 0.5) is 11.4 Å². The number of nitrogens with two attached hydrogens (primary N) is 1. The number of aromatic nitrogens is 1. The molecule has 1 aromatic carbocycles. The lowest BCUT2D eigenvalue weighted by atomic mass is 10.2. The summed E-state index contributed by atoms with van der Waals surface area (Å²) in [7, 11) is 2.04. The average molecular weight is 227 g/mol. The summed E-state index contributed by atoms with van der Waals surface area (Å²) in [5.41, 5.74) is 10.0. The van der Waals surface area contributed by atoms with Gasteiger partial charge in [-0.05, 0) is 31.2 Å². The molecule has 0 saturated carbocycles. The van der Waals surface area contributed by atoms with Crippen molar-refractivity contribution in [2.75, 3.05) is 11.9 Å². The third kappa shape index (κ3) is 2.63. The van der Waals surface area contributed by atoms with Gasteiger partial charge in [-0.1, -0.05) is 17.7 Å². The van der Waals surface area contributed by atoms with Gasteiger partial charge in [-0.25, -0.2) is 0 Å². The van der Waals surface area contributed by atoms with E-state index in [0.717, 1.165) is 17.1 Å². The predicted molar refractivity (Wildman–Crippen MR) is 71.4 cm³/mol. The molecule has 0 saturated heterocycles. The van der Waals surface area contributed by atoms with E-state index >= 15 is 0 Å². The Kier molecular flexibility index (Phi) is 3.40. The summed E-state index contributed by atoms with van der Waals surface area (Å²) >= 11 is 0. The lowest BCUT2D eigenvalue weighted by Gasteiger charge is -2.20. The maximum absolute atomic E-state index is 5.60. The van der Waals surface area contributed by atoms with E-state index in [9.17, 15) is 0 Å². The van der Waals surface area contributed by atoms with Crippen LogP contribution >= 0.6 is 0 Å². The second-order valence-corrected chi connectivity index (χ2v) is 4.10. The SMILES string of the molecule is Cc1ccc(N(C)c2ccnc(CN)c2)cc1. The fourth-order valence-corrected chi connectivity index (χ4v) is 1.70. The molecule has 2 rings (SSSR count). The second-order valence-electron chi connectivity index (χ2n) is 4.10. The number of rotatable bonds is 3. The quantitative estimate of drug-likeness (QED) is 0.876. The highest BCUT2D eigenvalue weighted by molar-refractivity contribution is 5.62. The van der Waals surface area contributed by atoms with Crippen LogP contribution in [0.25, 0.3) is 0 Å². The topological polar surface area (TPSA) is 42.2 Å². The fourth-order valence-electron chi connectivity index (χ4n) is 1.70. The number of hydrogen-bond acceptors (Lipinski definition) is 3. The van der Waals surface area contributed by atoms with Gasteiger partial charge in [0.1, 0.15) is 0 Å². The average Bonchev–Trinajstić information content (AvgIpc) is 2.39. The summed E-state index contributed by atoms with van der Waals surface area (Å²) in [6, 6.07) is 12.4. The first kappa shape index (κ1) is 11.6. The van der Waals surface area contributed by atoms with Crippen LogP contribution in [0.2, 0.25) is 0 Å². The highest BCUT2D eigenvalue weighted by atomic mass is 15.1. The molecule has 0 atom stereocenters. The maximum atomic E-state index is 5.60. The van der Waals surface area contributed by atoms with E-state index in [1.54, 1.807) is 6.20 Å². The van der Waals surface area contributed by atoms with Crippen LogP contribution in [0.3, 0.4) is 0 Å². The molecule has 1 aromatic heterocycles. The summed E-state index contributed by atoms with van der Waals surface area (Å²) in [5, 5.41) is 0.